The van der Waals surface area contributed by atoms with Gasteiger partial charge in [0.25, 0.3) is 0 Å². The van der Waals surface area contributed by atoms with Crippen molar-refractivity contribution in [3.05, 3.63) is 30.3 Å². The van der Waals surface area contributed by atoms with Gasteiger partial charge in [0.2, 0.25) is 0 Å². The Hall–Kier alpha value is -0.0300. The van der Waals surface area contributed by atoms with Crippen LogP contribution in [0.25, 0.3) is 0 Å². The summed E-state index contributed by atoms with van der Waals surface area (Å²) in [5.74, 6) is 0.486. The Labute approximate surface area is 126 Å². The van der Waals surface area contributed by atoms with Crippen LogP contribution in [-0.4, -0.2) is 43.7 Å². The summed E-state index contributed by atoms with van der Waals surface area (Å²) in [6.07, 6.45) is 3.78. The molecule has 1 aromatic rings. The van der Waals surface area contributed by atoms with Gasteiger partial charge >= 0.3 is 39.7 Å². The second kappa shape index (κ2) is 8.97. The predicted octanol–water partition coefficient (Wildman–Crippen LogP) is 2.33. The molecular weight excluding hydrogens is 247 g/mol. The quantitative estimate of drug-likeness (QED) is 0.432. The zero-order valence-corrected chi connectivity index (χ0v) is 10.4. The van der Waals surface area contributed by atoms with E-state index in [1.165, 1.54) is 0 Å². The van der Waals surface area contributed by atoms with Gasteiger partial charge in [0.1, 0.15) is 5.75 Å². The second-order valence-corrected chi connectivity index (χ2v) is 5.41. The molecule has 0 amide bonds. The maximum absolute atomic E-state index is 11.5. The van der Waals surface area contributed by atoms with Gasteiger partial charge in [-0.2, -0.15) is 8.42 Å². The minimum absolute atomic E-state index is 0. The number of benzene rings is 1. The molecule has 5 heteroatoms. The van der Waals surface area contributed by atoms with E-state index >= 15 is 0 Å². The zero-order valence-electron chi connectivity index (χ0n) is 9.56. The molecule has 1 aromatic carbocycles. The first-order chi connectivity index (χ1) is 7.64. The molecule has 92 valence electrons. The number of rotatable bonds is 7. The Bertz CT molecular complexity index is 389. The summed E-state index contributed by atoms with van der Waals surface area (Å²) in [5.41, 5.74) is 0. The van der Waals surface area contributed by atoms with Crippen molar-refractivity contribution in [3.63, 3.8) is 0 Å². The first-order valence-electron chi connectivity index (χ1n) is 5.61. The van der Waals surface area contributed by atoms with Crippen molar-refractivity contribution in [1.29, 1.82) is 0 Å². The fraction of sp³-hybridized carbons (Fsp3) is 0.500. The van der Waals surface area contributed by atoms with Crippen molar-refractivity contribution in [2.24, 2.45) is 0 Å². The van der Waals surface area contributed by atoms with E-state index in [0.29, 0.717) is 12.2 Å². The third-order valence-electron chi connectivity index (χ3n) is 2.21. The molecule has 0 spiro atoms. The van der Waals surface area contributed by atoms with E-state index in [-0.39, 0.29) is 35.3 Å². The summed E-state index contributed by atoms with van der Waals surface area (Å²) < 4.78 is 28.0. The molecule has 0 atom stereocenters. The van der Waals surface area contributed by atoms with E-state index in [2.05, 4.69) is 6.92 Å². The number of hydrogen-bond donors (Lipinski definition) is 0. The Balaban J connectivity index is 0.00000256. The van der Waals surface area contributed by atoms with Crippen molar-refractivity contribution >= 4 is 39.7 Å². The van der Waals surface area contributed by atoms with Crippen molar-refractivity contribution in [2.75, 3.05) is 5.75 Å². The van der Waals surface area contributed by atoms with E-state index in [0.717, 1.165) is 19.3 Å². The van der Waals surface area contributed by atoms with E-state index in [1.54, 1.807) is 24.3 Å². The van der Waals surface area contributed by atoms with Gasteiger partial charge in [-0.25, -0.2) is 0 Å². The summed E-state index contributed by atoms with van der Waals surface area (Å²) in [6.45, 7) is 2.09. The molecule has 0 aliphatic carbocycles. The average molecular weight is 266 g/mol. The number of unbranched alkanes of at least 4 members (excludes halogenated alkanes) is 3. The van der Waals surface area contributed by atoms with Crippen molar-refractivity contribution in [2.45, 2.75) is 32.6 Å². The summed E-state index contributed by atoms with van der Waals surface area (Å²) in [6, 6.07) is 8.61. The molecule has 3 nitrogen and oxygen atoms in total. The van der Waals surface area contributed by atoms with Gasteiger partial charge < -0.3 is 4.18 Å². The van der Waals surface area contributed by atoms with E-state index in [1.807, 2.05) is 6.07 Å². The van der Waals surface area contributed by atoms with Crippen LogP contribution in [0.5, 0.6) is 5.75 Å². The molecule has 0 fully saturated rings. The Morgan fingerprint density at radius 2 is 1.71 bits per heavy atom. The van der Waals surface area contributed by atoms with Crippen LogP contribution in [0.1, 0.15) is 32.6 Å². The molecular formula is C12H19NaO3S. The Kier molecular flexibility index (Phi) is 8.96. The summed E-state index contributed by atoms with van der Waals surface area (Å²) >= 11 is 0. The van der Waals surface area contributed by atoms with Gasteiger partial charge in [0.15, 0.2) is 0 Å². The molecule has 0 N–H and O–H groups in total. The van der Waals surface area contributed by atoms with Crippen LogP contribution in [0.2, 0.25) is 0 Å². The van der Waals surface area contributed by atoms with Crippen LogP contribution >= 0.6 is 0 Å². The fourth-order valence-electron chi connectivity index (χ4n) is 1.37. The molecule has 0 saturated heterocycles. The van der Waals surface area contributed by atoms with Crippen LogP contribution in [0.4, 0.5) is 0 Å². The first kappa shape index (κ1) is 17.0. The van der Waals surface area contributed by atoms with Gasteiger partial charge in [-0.3, -0.25) is 0 Å². The molecule has 0 aromatic heterocycles. The van der Waals surface area contributed by atoms with Gasteiger partial charge in [0, 0.05) is 0 Å². The number of hydrogen-bond acceptors (Lipinski definition) is 3. The van der Waals surface area contributed by atoms with Crippen molar-refractivity contribution < 1.29 is 12.6 Å². The molecule has 0 aliphatic rings. The molecule has 0 aliphatic heterocycles. The monoisotopic (exact) mass is 266 g/mol. The molecule has 0 heterocycles. The molecule has 1 rings (SSSR count). The zero-order chi connectivity index (χ0) is 11.9. The second-order valence-electron chi connectivity index (χ2n) is 3.72. The van der Waals surface area contributed by atoms with Gasteiger partial charge in [-0.1, -0.05) is 44.4 Å². The fourth-order valence-corrected chi connectivity index (χ4v) is 2.42. The first-order valence-corrected chi connectivity index (χ1v) is 7.19. The third kappa shape index (κ3) is 7.82. The maximum atomic E-state index is 11.5. The molecule has 17 heavy (non-hydrogen) atoms. The Morgan fingerprint density at radius 1 is 1.06 bits per heavy atom. The average Bonchev–Trinajstić information content (AvgIpc) is 2.25. The molecule has 0 unspecified atom stereocenters. The van der Waals surface area contributed by atoms with Crippen LogP contribution in [0.3, 0.4) is 0 Å². The van der Waals surface area contributed by atoms with Crippen molar-refractivity contribution in [1.82, 2.24) is 0 Å². The third-order valence-corrected chi connectivity index (χ3v) is 3.45. The summed E-state index contributed by atoms with van der Waals surface area (Å²) in [5, 5.41) is 0. The van der Waals surface area contributed by atoms with E-state index in [4.69, 9.17) is 4.18 Å². The van der Waals surface area contributed by atoms with E-state index in [9.17, 15) is 8.42 Å². The number of para-hydroxylation sites is 1. The molecule has 0 bridgehead atoms. The topological polar surface area (TPSA) is 43.4 Å². The minimum atomic E-state index is -3.42. The predicted molar refractivity (Wildman–Crippen MR) is 72.1 cm³/mol. The van der Waals surface area contributed by atoms with Gasteiger partial charge in [-0.15, -0.1) is 0 Å². The van der Waals surface area contributed by atoms with Crippen molar-refractivity contribution in [3.8, 4) is 5.75 Å². The van der Waals surface area contributed by atoms with Gasteiger partial charge in [0.05, 0.1) is 5.75 Å². The summed E-state index contributed by atoms with van der Waals surface area (Å²) in [4.78, 5) is 0. The van der Waals surface area contributed by atoms with E-state index < -0.39 is 10.1 Å². The van der Waals surface area contributed by atoms with Crippen LogP contribution < -0.4 is 4.18 Å². The standard InChI is InChI=1S/C12H18O3S.Na.H/c1-2-3-4-8-11-16(13,14)15-12-9-6-5-7-10-12;;/h5-7,9-10H,2-4,8,11H2,1H3;;. The molecule has 0 saturated carbocycles. The van der Waals surface area contributed by atoms with Crippen LogP contribution in [0, 0.1) is 0 Å². The normalized spacial score (nSPS) is 10.6. The summed E-state index contributed by atoms with van der Waals surface area (Å²) in [7, 11) is -3.42. The van der Waals surface area contributed by atoms with Crippen LogP contribution in [0.15, 0.2) is 30.3 Å². The SMILES string of the molecule is CCCCCCS(=O)(=O)Oc1ccccc1.[NaH]. The van der Waals surface area contributed by atoms with Crippen LogP contribution in [-0.2, 0) is 10.1 Å². The van der Waals surface area contributed by atoms with Gasteiger partial charge in [-0.05, 0) is 18.6 Å². The molecule has 0 radical (unpaired) electrons. The Morgan fingerprint density at radius 3 is 2.29 bits per heavy atom.